The molecule has 0 fully saturated rings. The summed E-state index contributed by atoms with van der Waals surface area (Å²) >= 11 is 0. The summed E-state index contributed by atoms with van der Waals surface area (Å²) in [4.78, 5) is 12.2. The van der Waals surface area contributed by atoms with Crippen LogP contribution in [0.1, 0.15) is 22.3 Å². The summed E-state index contributed by atoms with van der Waals surface area (Å²) in [6.07, 6.45) is 1.84. The lowest BCUT2D eigenvalue weighted by Gasteiger charge is -2.21. The molecule has 0 saturated heterocycles. The Balaban J connectivity index is 2.12. The van der Waals surface area contributed by atoms with Crippen molar-refractivity contribution in [3.63, 3.8) is 0 Å². The van der Waals surface area contributed by atoms with Gasteiger partial charge in [0, 0.05) is 5.56 Å². The second kappa shape index (κ2) is 6.16. The van der Waals surface area contributed by atoms with E-state index < -0.39 is 0 Å². The predicted octanol–water partition coefficient (Wildman–Crippen LogP) is 3.61. The molecule has 1 heterocycles. The second-order valence-electron chi connectivity index (χ2n) is 5.41. The van der Waals surface area contributed by atoms with Crippen molar-refractivity contribution in [2.45, 2.75) is 13.5 Å². The van der Waals surface area contributed by atoms with E-state index in [0.717, 1.165) is 16.7 Å². The Kier molecular flexibility index (Phi) is 4.06. The fourth-order valence-corrected chi connectivity index (χ4v) is 2.59. The van der Waals surface area contributed by atoms with Gasteiger partial charge in [-0.15, -0.1) is 0 Å². The van der Waals surface area contributed by atoms with Crippen LogP contribution in [0.2, 0.25) is 0 Å². The molecule has 4 heteroatoms. The number of carbonyl (C=O) groups excluding carboxylic acids is 1. The van der Waals surface area contributed by atoms with E-state index in [-0.39, 0.29) is 12.6 Å². The van der Waals surface area contributed by atoms with Crippen molar-refractivity contribution in [2.75, 3.05) is 14.2 Å². The Morgan fingerprint density at radius 1 is 1.04 bits per heavy atom. The topological polar surface area (TPSA) is 44.8 Å². The molecule has 0 unspecified atom stereocenters. The van der Waals surface area contributed by atoms with E-state index in [2.05, 4.69) is 0 Å². The van der Waals surface area contributed by atoms with Crippen LogP contribution in [0.3, 0.4) is 0 Å². The number of rotatable bonds is 3. The summed E-state index contributed by atoms with van der Waals surface area (Å²) in [7, 11) is 3.16. The van der Waals surface area contributed by atoms with Crippen LogP contribution in [0.15, 0.2) is 36.4 Å². The summed E-state index contributed by atoms with van der Waals surface area (Å²) in [6.45, 7) is 2.26. The standard InChI is InChI=1S/C19H18O4/c1-12-4-6-13(7-5-12)8-16-15-10-18(22-3)17(21-2)9-14(15)11-23-19(16)20/h4-10H,11H2,1-3H3. The molecule has 118 valence electrons. The van der Waals surface area contributed by atoms with Gasteiger partial charge in [-0.2, -0.15) is 0 Å². The molecule has 3 rings (SSSR count). The highest BCUT2D eigenvalue weighted by molar-refractivity contribution is 6.22. The Labute approximate surface area is 135 Å². The highest BCUT2D eigenvalue weighted by atomic mass is 16.5. The van der Waals surface area contributed by atoms with Crippen molar-refractivity contribution in [3.8, 4) is 11.5 Å². The van der Waals surface area contributed by atoms with E-state index in [4.69, 9.17) is 14.2 Å². The smallest absolute Gasteiger partial charge is 0.339 e. The van der Waals surface area contributed by atoms with E-state index in [1.54, 1.807) is 14.2 Å². The maximum Gasteiger partial charge on any atom is 0.339 e. The first-order chi connectivity index (χ1) is 11.1. The van der Waals surface area contributed by atoms with Crippen LogP contribution >= 0.6 is 0 Å². The number of hydrogen-bond donors (Lipinski definition) is 0. The van der Waals surface area contributed by atoms with Gasteiger partial charge in [0.15, 0.2) is 11.5 Å². The first kappa shape index (κ1) is 15.2. The monoisotopic (exact) mass is 310 g/mol. The van der Waals surface area contributed by atoms with Crippen molar-refractivity contribution in [1.82, 2.24) is 0 Å². The van der Waals surface area contributed by atoms with Crippen LogP contribution in [-0.2, 0) is 16.1 Å². The third-order valence-corrected chi connectivity index (χ3v) is 3.87. The molecule has 1 aliphatic rings. The van der Waals surface area contributed by atoms with Crippen molar-refractivity contribution >= 4 is 17.6 Å². The van der Waals surface area contributed by atoms with Crippen LogP contribution in [-0.4, -0.2) is 20.2 Å². The molecule has 0 aliphatic carbocycles. The van der Waals surface area contributed by atoms with Gasteiger partial charge in [-0.25, -0.2) is 4.79 Å². The quantitative estimate of drug-likeness (QED) is 0.642. The van der Waals surface area contributed by atoms with Gasteiger partial charge in [-0.3, -0.25) is 0 Å². The van der Waals surface area contributed by atoms with Gasteiger partial charge < -0.3 is 14.2 Å². The molecule has 4 nitrogen and oxygen atoms in total. The van der Waals surface area contributed by atoms with Gasteiger partial charge in [0.1, 0.15) is 6.61 Å². The second-order valence-corrected chi connectivity index (χ2v) is 5.41. The van der Waals surface area contributed by atoms with E-state index in [0.29, 0.717) is 17.1 Å². The molecule has 2 aromatic carbocycles. The number of cyclic esters (lactones) is 1. The Morgan fingerprint density at radius 3 is 2.35 bits per heavy atom. The number of methoxy groups -OCH3 is 2. The van der Waals surface area contributed by atoms with Crippen LogP contribution < -0.4 is 9.47 Å². The number of aryl methyl sites for hydroxylation is 1. The van der Waals surface area contributed by atoms with Gasteiger partial charge in [0.25, 0.3) is 0 Å². The zero-order valence-corrected chi connectivity index (χ0v) is 13.4. The fraction of sp³-hybridized carbons (Fsp3) is 0.211. The van der Waals surface area contributed by atoms with Gasteiger partial charge in [-0.1, -0.05) is 29.8 Å². The highest BCUT2D eigenvalue weighted by Crippen LogP contribution is 2.37. The van der Waals surface area contributed by atoms with Crippen LogP contribution in [0.25, 0.3) is 11.6 Å². The molecule has 0 atom stereocenters. The minimum Gasteiger partial charge on any atom is -0.493 e. The molecule has 23 heavy (non-hydrogen) atoms. The zero-order valence-electron chi connectivity index (χ0n) is 13.4. The predicted molar refractivity (Wildman–Crippen MR) is 88.4 cm³/mol. The van der Waals surface area contributed by atoms with Crippen molar-refractivity contribution in [1.29, 1.82) is 0 Å². The molecule has 0 saturated carbocycles. The Morgan fingerprint density at radius 2 is 1.70 bits per heavy atom. The molecule has 0 radical (unpaired) electrons. The van der Waals surface area contributed by atoms with Crippen LogP contribution in [0.4, 0.5) is 0 Å². The van der Waals surface area contributed by atoms with E-state index in [1.807, 2.05) is 49.4 Å². The molecule has 2 aromatic rings. The molecule has 1 aliphatic heterocycles. The first-order valence-electron chi connectivity index (χ1n) is 7.33. The Bertz CT molecular complexity index is 773. The summed E-state index contributed by atoms with van der Waals surface area (Å²) < 4.78 is 15.9. The number of hydrogen-bond acceptors (Lipinski definition) is 4. The lowest BCUT2D eigenvalue weighted by Crippen LogP contribution is -2.15. The van der Waals surface area contributed by atoms with E-state index in [1.165, 1.54) is 5.56 Å². The third-order valence-electron chi connectivity index (χ3n) is 3.87. The van der Waals surface area contributed by atoms with Gasteiger partial charge in [0.2, 0.25) is 0 Å². The minimum absolute atomic E-state index is 0.236. The van der Waals surface area contributed by atoms with Gasteiger partial charge in [-0.05, 0) is 36.3 Å². The molecular weight excluding hydrogens is 292 g/mol. The number of esters is 1. The summed E-state index contributed by atoms with van der Waals surface area (Å²) in [6, 6.07) is 11.7. The maximum absolute atomic E-state index is 12.2. The van der Waals surface area contributed by atoms with Crippen molar-refractivity contribution in [3.05, 3.63) is 58.7 Å². The third kappa shape index (κ3) is 2.93. The van der Waals surface area contributed by atoms with Crippen molar-refractivity contribution in [2.24, 2.45) is 0 Å². The number of benzene rings is 2. The average Bonchev–Trinajstić information content (AvgIpc) is 2.58. The number of fused-ring (bicyclic) bond motifs is 1. The molecule has 0 bridgehead atoms. The lowest BCUT2D eigenvalue weighted by molar-refractivity contribution is -0.138. The lowest BCUT2D eigenvalue weighted by atomic mass is 9.95. The van der Waals surface area contributed by atoms with Crippen LogP contribution in [0, 0.1) is 6.92 Å². The number of ether oxygens (including phenoxy) is 3. The summed E-state index contributed by atoms with van der Waals surface area (Å²) in [5.41, 5.74) is 4.37. The maximum atomic E-state index is 12.2. The van der Waals surface area contributed by atoms with E-state index >= 15 is 0 Å². The first-order valence-corrected chi connectivity index (χ1v) is 7.33. The molecule has 0 spiro atoms. The molecule has 0 amide bonds. The van der Waals surface area contributed by atoms with Gasteiger partial charge >= 0.3 is 5.97 Å². The van der Waals surface area contributed by atoms with Gasteiger partial charge in [0.05, 0.1) is 19.8 Å². The highest BCUT2D eigenvalue weighted by Gasteiger charge is 2.25. The summed E-state index contributed by atoms with van der Waals surface area (Å²) in [5, 5.41) is 0. The normalized spacial score (nSPS) is 15.1. The minimum atomic E-state index is -0.328. The fourth-order valence-electron chi connectivity index (χ4n) is 2.59. The SMILES string of the molecule is COc1cc2c(cc1OC)C(=Cc1ccc(C)cc1)C(=O)OC2. The molecule has 0 aromatic heterocycles. The van der Waals surface area contributed by atoms with Crippen molar-refractivity contribution < 1.29 is 19.0 Å². The summed E-state index contributed by atoms with van der Waals surface area (Å²) in [5.74, 6) is 0.889. The van der Waals surface area contributed by atoms with E-state index in [9.17, 15) is 4.79 Å². The zero-order chi connectivity index (χ0) is 16.4. The molecule has 0 N–H and O–H groups in total. The Hall–Kier alpha value is -2.75. The molecular formula is C19H18O4. The van der Waals surface area contributed by atoms with Crippen LogP contribution in [0.5, 0.6) is 11.5 Å². The average molecular weight is 310 g/mol. The largest absolute Gasteiger partial charge is 0.493 e. The number of carbonyl (C=O) groups is 1.